The van der Waals surface area contributed by atoms with E-state index in [0.717, 1.165) is 5.69 Å². The number of aryl methyl sites for hydroxylation is 2. The molecule has 0 unspecified atom stereocenters. The summed E-state index contributed by atoms with van der Waals surface area (Å²) in [5.74, 6) is 0.0767. The number of furan rings is 1. The minimum atomic E-state index is -0.378. The molecule has 0 fully saturated rings. The smallest absolute Gasteiger partial charge is 0.262 e. The molecule has 2 heterocycles. The number of nitrogens with zero attached hydrogens (tertiary/aromatic N) is 2. The SMILES string of the molecule is CC(=O)c1oc2ccccc2c1NC(=O)COc1c(C)nn(C)c1C. The van der Waals surface area contributed by atoms with E-state index in [2.05, 4.69) is 10.4 Å². The Labute approximate surface area is 144 Å². The standard InChI is InChI=1S/C18H19N3O4/c1-10-17(11(2)21(4)20-10)24-9-15(23)19-16-13-7-5-6-8-14(13)25-18(16)12(3)22/h5-8H,9H2,1-4H3,(H,19,23). The van der Waals surface area contributed by atoms with Crippen LogP contribution in [-0.2, 0) is 11.8 Å². The topological polar surface area (TPSA) is 86.4 Å². The molecule has 7 heteroatoms. The van der Waals surface area contributed by atoms with Crippen LogP contribution in [0.5, 0.6) is 5.75 Å². The predicted octanol–water partition coefficient (Wildman–Crippen LogP) is 3.00. The van der Waals surface area contributed by atoms with Crippen molar-refractivity contribution in [1.29, 1.82) is 0 Å². The fourth-order valence-corrected chi connectivity index (χ4v) is 2.69. The minimum Gasteiger partial charge on any atom is -0.480 e. The van der Waals surface area contributed by atoms with Crippen LogP contribution in [0, 0.1) is 13.8 Å². The number of para-hydroxylation sites is 1. The average Bonchev–Trinajstić information content (AvgIpc) is 3.04. The molecule has 0 spiro atoms. The number of hydrogen-bond donors (Lipinski definition) is 1. The van der Waals surface area contributed by atoms with Gasteiger partial charge >= 0.3 is 0 Å². The van der Waals surface area contributed by atoms with Crippen LogP contribution in [0.1, 0.15) is 28.9 Å². The average molecular weight is 341 g/mol. The van der Waals surface area contributed by atoms with Gasteiger partial charge in [-0.05, 0) is 26.0 Å². The number of hydrogen-bond acceptors (Lipinski definition) is 5. The van der Waals surface area contributed by atoms with Crippen LogP contribution in [-0.4, -0.2) is 28.1 Å². The number of anilines is 1. The van der Waals surface area contributed by atoms with Crippen molar-refractivity contribution in [2.24, 2.45) is 7.05 Å². The summed E-state index contributed by atoms with van der Waals surface area (Å²) in [6, 6.07) is 7.15. The molecule has 0 aliphatic heterocycles. The van der Waals surface area contributed by atoms with E-state index in [4.69, 9.17) is 9.15 Å². The van der Waals surface area contributed by atoms with Crippen LogP contribution < -0.4 is 10.1 Å². The molecule has 7 nitrogen and oxygen atoms in total. The van der Waals surface area contributed by atoms with Gasteiger partial charge in [0, 0.05) is 19.4 Å². The van der Waals surface area contributed by atoms with E-state index < -0.39 is 0 Å². The molecule has 1 aromatic carbocycles. The molecule has 0 bridgehead atoms. The second-order valence-electron chi connectivity index (χ2n) is 5.82. The Kier molecular flexibility index (Phi) is 4.31. The number of benzene rings is 1. The number of amides is 1. The molecule has 0 radical (unpaired) electrons. The summed E-state index contributed by atoms with van der Waals surface area (Å²) < 4.78 is 12.8. The molecule has 0 aliphatic rings. The lowest BCUT2D eigenvalue weighted by Crippen LogP contribution is -2.21. The van der Waals surface area contributed by atoms with E-state index in [1.54, 1.807) is 22.9 Å². The number of fused-ring (bicyclic) bond motifs is 1. The third-order valence-electron chi connectivity index (χ3n) is 3.97. The van der Waals surface area contributed by atoms with Gasteiger partial charge in [0.1, 0.15) is 11.3 Å². The first-order valence-corrected chi connectivity index (χ1v) is 7.83. The first-order chi connectivity index (χ1) is 11.9. The molecule has 3 rings (SSSR count). The van der Waals surface area contributed by atoms with Crippen molar-refractivity contribution in [2.45, 2.75) is 20.8 Å². The molecular formula is C18H19N3O4. The Morgan fingerprint density at radius 1 is 1.28 bits per heavy atom. The number of ether oxygens (including phenoxy) is 1. The Balaban J connectivity index is 1.80. The van der Waals surface area contributed by atoms with Gasteiger partial charge in [0.25, 0.3) is 5.91 Å². The number of nitrogens with one attached hydrogen (secondary N) is 1. The highest BCUT2D eigenvalue weighted by Crippen LogP contribution is 2.31. The lowest BCUT2D eigenvalue weighted by molar-refractivity contribution is -0.118. The fourth-order valence-electron chi connectivity index (χ4n) is 2.69. The first kappa shape index (κ1) is 16.8. The highest BCUT2D eigenvalue weighted by atomic mass is 16.5. The van der Waals surface area contributed by atoms with Gasteiger partial charge in [-0.1, -0.05) is 12.1 Å². The molecule has 130 valence electrons. The van der Waals surface area contributed by atoms with Crippen LogP contribution in [0.15, 0.2) is 28.7 Å². The van der Waals surface area contributed by atoms with Gasteiger partial charge in [-0.2, -0.15) is 5.10 Å². The second kappa shape index (κ2) is 6.43. The van der Waals surface area contributed by atoms with E-state index in [1.807, 2.05) is 27.0 Å². The quantitative estimate of drug-likeness (QED) is 0.721. The molecular weight excluding hydrogens is 322 g/mol. The molecule has 1 N–H and O–H groups in total. The number of ketones is 1. The van der Waals surface area contributed by atoms with Gasteiger partial charge in [0.2, 0.25) is 0 Å². The normalized spacial score (nSPS) is 10.9. The summed E-state index contributed by atoms with van der Waals surface area (Å²) in [5.41, 5.74) is 2.47. The highest BCUT2D eigenvalue weighted by molar-refractivity contribution is 6.11. The Morgan fingerprint density at radius 3 is 2.64 bits per heavy atom. The molecule has 1 amide bonds. The molecule has 25 heavy (non-hydrogen) atoms. The summed E-state index contributed by atoms with van der Waals surface area (Å²) in [4.78, 5) is 24.1. The second-order valence-corrected chi connectivity index (χ2v) is 5.82. The van der Waals surface area contributed by atoms with E-state index in [-0.39, 0.29) is 24.1 Å². The zero-order valence-corrected chi connectivity index (χ0v) is 14.5. The van der Waals surface area contributed by atoms with Crippen LogP contribution in [0.3, 0.4) is 0 Å². The number of Topliss-reactive ketones (excluding diaryl/α,β-unsaturated/α-hetero) is 1. The Morgan fingerprint density at radius 2 is 2.00 bits per heavy atom. The molecule has 3 aromatic rings. The molecule has 0 atom stereocenters. The van der Waals surface area contributed by atoms with Crippen LogP contribution >= 0.6 is 0 Å². The van der Waals surface area contributed by atoms with Crippen LogP contribution in [0.4, 0.5) is 5.69 Å². The summed E-state index contributed by atoms with van der Waals surface area (Å²) in [7, 11) is 1.81. The van der Waals surface area contributed by atoms with Gasteiger partial charge in [-0.15, -0.1) is 0 Å². The van der Waals surface area contributed by atoms with Crippen LogP contribution in [0.2, 0.25) is 0 Å². The maximum absolute atomic E-state index is 12.3. The van der Waals surface area contributed by atoms with Crippen LogP contribution in [0.25, 0.3) is 11.0 Å². The van der Waals surface area contributed by atoms with Gasteiger partial charge in [0.15, 0.2) is 23.9 Å². The first-order valence-electron chi connectivity index (χ1n) is 7.83. The summed E-state index contributed by atoms with van der Waals surface area (Å²) in [6.07, 6.45) is 0. The van der Waals surface area contributed by atoms with Crippen molar-refractivity contribution >= 4 is 28.3 Å². The number of carbonyl (C=O) groups excluding carboxylic acids is 2. The summed E-state index contributed by atoms with van der Waals surface area (Å²) >= 11 is 0. The van der Waals surface area contributed by atoms with Crippen molar-refractivity contribution in [1.82, 2.24) is 9.78 Å². The Bertz CT molecular complexity index is 968. The van der Waals surface area contributed by atoms with Crippen molar-refractivity contribution in [3.63, 3.8) is 0 Å². The minimum absolute atomic E-state index is 0.128. The maximum atomic E-state index is 12.3. The van der Waals surface area contributed by atoms with Gasteiger partial charge in [-0.25, -0.2) is 0 Å². The van der Waals surface area contributed by atoms with Crippen molar-refractivity contribution in [2.75, 3.05) is 11.9 Å². The lowest BCUT2D eigenvalue weighted by Gasteiger charge is -2.08. The third kappa shape index (κ3) is 3.13. The van der Waals surface area contributed by atoms with E-state index in [9.17, 15) is 9.59 Å². The van der Waals surface area contributed by atoms with E-state index >= 15 is 0 Å². The number of carbonyl (C=O) groups is 2. The lowest BCUT2D eigenvalue weighted by atomic mass is 10.2. The summed E-state index contributed by atoms with van der Waals surface area (Å²) in [6.45, 7) is 4.89. The zero-order valence-electron chi connectivity index (χ0n) is 14.5. The van der Waals surface area contributed by atoms with Crippen molar-refractivity contribution in [3.8, 4) is 5.75 Å². The van der Waals surface area contributed by atoms with Crippen molar-refractivity contribution < 1.29 is 18.7 Å². The number of rotatable bonds is 5. The molecule has 0 saturated heterocycles. The van der Waals surface area contributed by atoms with Gasteiger partial charge in [0.05, 0.1) is 11.4 Å². The maximum Gasteiger partial charge on any atom is 0.262 e. The fraction of sp³-hybridized carbons (Fsp3) is 0.278. The molecule has 0 saturated carbocycles. The van der Waals surface area contributed by atoms with E-state index in [0.29, 0.717) is 28.1 Å². The Hall–Kier alpha value is -3.09. The van der Waals surface area contributed by atoms with Crippen molar-refractivity contribution in [3.05, 3.63) is 41.4 Å². The zero-order chi connectivity index (χ0) is 18.1. The molecule has 0 aliphatic carbocycles. The summed E-state index contributed by atoms with van der Waals surface area (Å²) in [5, 5.41) is 7.64. The van der Waals surface area contributed by atoms with Gasteiger partial charge < -0.3 is 14.5 Å². The highest BCUT2D eigenvalue weighted by Gasteiger charge is 2.20. The third-order valence-corrected chi connectivity index (χ3v) is 3.97. The predicted molar refractivity (Wildman–Crippen MR) is 93.0 cm³/mol. The number of aromatic nitrogens is 2. The largest absolute Gasteiger partial charge is 0.480 e. The van der Waals surface area contributed by atoms with Gasteiger partial charge in [-0.3, -0.25) is 14.3 Å². The molecule has 2 aromatic heterocycles. The van der Waals surface area contributed by atoms with E-state index in [1.165, 1.54) is 6.92 Å². The monoisotopic (exact) mass is 341 g/mol.